The van der Waals surface area contributed by atoms with Gasteiger partial charge in [0.25, 0.3) is 5.97 Å². The van der Waals surface area contributed by atoms with E-state index >= 15 is 0 Å². The number of aliphatic hydroxyl groups is 1. The zero-order chi connectivity index (χ0) is 17.6. The first kappa shape index (κ1) is 24.4. The lowest BCUT2D eigenvalue weighted by atomic mass is 10.1. The highest BCUT2D eigenvalue weighted by molar-refractivity contribution is 5.62. The molecule has 138 valence electrons. The van der Waals surface area contributed by atoms with Crippen molar-refractivity contribution in [3.8, 4) is 0 Å². The molecule has 0 atom stereocenters. The second-order valence-corrected chi connectivity index (χ2v) is 6.18. The SMILES string of the molecule is CC(=O)O.CCCCCCCCCC=CCCCCCCCO. The molecule has 3 nitrogen and oxygen atoms in total. The van der Waals surface area contributed by atoms with Crippen molar-refractivity contribution in [2.45, 2.75) is 104 Å². The standard InChI is InChI=1S/C18H36O.C2H4O2/c1-2-3-4-5-6-7-8-9-10-11-12-13-14-15-16-17-18-19;1-2(3)4/h10-11,19H,2-9,12-18H2,1H3;1H3,(H,3,4). The first-order valence-corrected chi connectivity index (χ1v) is 9.60. The summed E-state index contributed by atoms with van der Waals surface area (Å²) >= 11 is 0. The van der Waals surface area contributed by atoms with Gasteiger partial charge in [0.2, 0.25) is 0 Å². The summed E-state index contributed by atoms with van der Waals surface area (Å²) in [5.41, 5.74) is 0. The van der Waals surface area contributed by atoms with Crippen LogP contribution in [0.1, 0.15) is 104 Å². The van der Waals surface area contributed by atoms with Crippen LogP contribution in [0.3, 0.4) is 0 Å². The van der Waals surface area contributed by atoms with E-state index in [1.54, 1.807) is 0 Å². The molecule has 0 rings (SSSR count). The lowest BCUT2D eigenvalue weighted by Crippen LogP contribution is -1.83. The molecule has 0 spiro atoms. The molecule has 3 heteroatoms. The van der Waals surface area contributed by atoms with Crippen molar-refractivity contribution in [1.29, 1.82) is 0 Å². The van der Waals surface area contributed by atoms with E-state index < -0.39 is 5.97 Å². The van der Waals surface area contributed by atoms with Crippen LogP contribution in [-0.4, -0.2) is 22.8 Å². The smallest absolute Gasteiger partial charge is 0.300 e. The van der Waals surface area contributed by atoms with Gasteiger partial charge in [-0.3, -0.25) is 4.79 Å². The third-order valence-corrected chi connectivity index (χ3v) is 3.67. The summed E-state index contributed by atoms with van der Waals surface area (Å²) in [5, 5.41) is 16.1. The van der Waals surface area contributed by atoms with Gasteiger partial charge in [-0.2, -0.15) is 0 Å². The average Bonchev–Trinajstić information content (AvgIpc) is 2.50. The summed E-state index contributed by atoms with van der Waals surface area (Å²) in [7, 11) is 0. The van der Waals surface area contributed by atoms with E-state index in [-0.39, 0.29) is 0 Å². The van der Waals surface area contributed by atoms with E-state index in [0.29, 0.717) is 6.61 Å². The molecule has 0 radical (unpaired) electrons. The summed E-state index contributed by atoms with van der Waals surface area (Å²) < 4.78 is 0. The Labute approximate surface area is 144 Å². The van der Waals surface area contributed by atoms with Gasteiger partial charge in [0, 0.05) is 13.5 Å². The first-order valence-electron chi connectivity index (χ1n) is 9.60. The van der Waals surface area contributed by atoms with Gasteiger partial charge in [-0.1, -0.05) is 76.9 Å². The number of aliphatic hydroxyl groups excluding tert-OH is 1. The third-order valence-electron chi connectivity index (χ3n) is 3.67. The lowest BCUT2D eigenvalue weighted by Gasteiger charge is -1.99. The molecule has 0 aromatic carbocycles. The Morgan fingerprint density at radius 2 is 1.09 bits per heavy atom. The number of carboxylic acid groups (broad SMARTS) is 1. The van der Waals surface area contributed by atoms with Gasteiger partial charge >= 0.3 is 0 Å². The zero-order valence-corrected chi connectivity index (χ0v) is 15.6. The Kier molecular flexibility index (Phi) is 24.9. The third kappa shape index (κ3) is 33.8. The van der Waals surface area contributed by atoms with E-state index in [4.69, 9.17) is 15.0 Å². The molecular formula is C20H40O3. The summed E-state index contributed by atoms with van der Waals surface area (Å²) in [4.78, 5) is 9.00. The maximum Gasteiger partial charge on any atom is 0.300 e. The van der Waals surface area contributed by atoms with Crippen LogP contribution in [-0.2, 0) is 4.79 Å². The molecule has 0 fully saturated rings. The van der Waals surface area contributed by atoms with Gasteiger partial charge in [-0.15, -0.1) is 0 Å². The summed E-state index contributed by atoms with van der Waals surface area (Å²) in [6.45, 7) is 3.72. The molecule has 0 heterocycles. The van der Waals surface area contributed by atoms with Gasteiger partial charge in [0.1, 0.15) is 0 Å². The van der Waals surface area contributed by atoms with Crippen LogP contribution in [0, 0.1) is 0 Å². The predicted octanol–water partition coefficient (Wildman–Crippen LogP) is 6.11. The van der Waals surface area contributed by atoms with E-state index in [9.17, 15) is 0 Å². The lowest BCUT2D eigenvalue weighted by molar-refractivity contribution is -0.134. The normalized spacial score (nSPS) is 10.6. The van der Waals surface area contributed by atoms with Crippen molar-refractivity contribution in [2.24, 2.45) is 0 Å². The number of unbranched alkanes of at least 4 members (excludes halogenated alkanes) is 12. The van der Waals surface area contributed by atoms with Gasteiger partial charge in [0.15, 0.2) is 0 Å². The predicted molar refractivity (Wildman–Crippen MR) is 99.8 cm³/mol. The fourth-order valence-electron chi connectivity index (χ4n) is 2.36. The quantitative estimate of drug-likeness (QED) is 0.282. The first-order chi connectivity index (χ1) is 11.1. The zero-order valence-electron chi connectivity index (χ0n) is 15.6. The van der Waals surface area contributed by atoms with Crippen LogP contribution in [0.2, 0.25) is 0 Å². The monoisotopic (exact) mass is 328 g/mol. The van der Waals surface area contributed by atoms with E-state index in [0.717, 1.165) is 13.3 Å². The van der Waals surface area contributed by atoms with Gasteiger partial charge < -0.3 is 10.2 Å². The molecule has 0 bridgehead atoms. The fraction of sp³-hybridized carbons (Fsp3) is 0.850. The molecule has 0 aliphatic carbocycles. The second kappa shape index (κ2) is 23.4. The molecule has 2 N–H and O–H groups in total. The maximum atomic E-state index is 9.00. The Balaban J connectivity index is 0. The Morgan fingerprint density at radius 3 is 1.48 bits per heavy atom. The minimum absolute atomic E-state index is 0.359. The maximum absolute atomic E-state index is 9.00. The molecule has 0 aliphatic rings. The van der Waals surface area contributed by atoms with Gasteiger partial charge in [0.05, 0.1) is 0 Å². The Hall–Kier alpha value is -0.830. The number of carboxylic acids is 1. The number of hydrogen-bond acceptors (Lipinski definition) is 2. The molecule has 0 aromatic rings. The molecule has 0 saturated heterocycles. The fourth-order valence-corrected chi connectivity index (χ4v) is 2.36. The van der Waals surface area contributed by atoms with Crippen molar-refractivity contribution in [3.05, 3.63) is 12.2 Å². The van der Waals surface area contributed by atoms with E-state index in [1.807, 2.05) is 0 Å². The highest BCUT2D eigenvalue weighted by Crippen LogP contribution is 2.09. The number of hydrogen-bond donors (Lipinski definition) is 2. The van der Waals surface area contributed by atoms with Crippen molar-refractivity contribution in [3.63, 3.8) is 0 Å². The molecule has 0 aliphatic heterocycles. The van der Waals surface area contributed by atoms with Crippen molar-refractivity contribution < 1.29 is 15.0 Å². The molecule has 0 amide bonds. The Bertz CT molecular complexity index is 245. The summed E-state index contributed by atoms with van der Waals surface area (Å²) in [6, 6.07) is 0. The molecule has 0 unspecified atom stereocenters. The topological polar surface area (TPSA) is 57.5 Å². The van der Waals surface area contributed by atoms with Crippen LogP contribution in [0.15, 0.2) is 12.2 Å². The van der Waals surface area contributed by atoms with Crippen molar-refractivity contribution >= 4 is 5.97 Å². The number of rotatable bonds is 15. The number of allylic oxidation sites excluding steroid dienone is 2. The highest BCUT2D eigenvalue weighted by Gasteiger charge is 1.90. The van der Waals surface area contributed by atoms with Crippen molar-refractivity contribution in [1.82, 2.24) is 0 Å². The number of carbonyl (C=O) groups is 1. The minimum atomic E-state index is -0.833. The van der Waals surface area contributed by atoms with Crippen LogP contribution in [0.5, 0.6) is 0 Å². The largest absolute Gasteiger partial charge is 0.481 e. The highest BCUT2D eigenvalue weighted by atomic mass is 16.4. The van der Waals surface area contributed by atoms with E-state index in [2.05, 4.69) is 19.1 Å². The summed E-state index contributed by atoms with van der Waals surface area (Å²) in [6.07, 6.45) is 23.2. The second-order valence-electron chi connectivity index (χ2n) is 6.18. The molecule has 0 saturated carbocycles. The van der Waals surface area contributed by atoms with E-state index in [1.165, 1.54) is 83.5 Å². The van der Waals surface area contributed by atoms with Crippen LogP contribution < -0.4 is 0 Å². The number of aliphatic carboxylic acids is 1. The minimum Gasteiger partial charge on any atom is -0.481 e. The molecule has 23 heavy (non-hydrogen) atoms. The van der Waals surface area contributed by atoms with Crippen LogP contribution in [0.25, 0.3) is 0 Å². The van der Waals surface area contributed by atoms with Crippen LogP contribution >= 0.6 is 0 Å². The Morgan fingerprint density at radius 1 is 0.739 bits per heavy atom. The van der Waals surface area contributed by atoms with Crippen LogP contribution in [0.4, 0.5) is 0 Å². The molecular weight excluding hydrogens is 288 g/mol. The van der Waals surface area contributed by atoms with Crippen molar-refractivity contribution in [2.75, 3.05) is 6.61 Å². The molecule has 0 aromatic heterocycles. The van der Waals surface area contributed by atoms with Gasteiger partial charge in [-0.05, 0) is 32.1 Å². The van der Waals surface area contributed by atoms with Gasteiger partial charge in [-0.25, -0.2) is 0 Å². The summed E-state index contributed by atoms with van der Waals surface area (Å²) in [5.74, 6) is -0.833. The average molecular weight is 329 g/mol.